The number of hydrogen-bond acceptors (Lipinski definition) is 12. The van der Waals surface area contributed by atoms with E-state index in [1.165, 1.54) is 11.0 Å². The standard InChI is InChI=1S/C45H75NO12/c1-28-15-18-34(49)23-35-13-12-14-36(57-35)24-40(54-9)37(26-47)41(55-10)25-39(53-8)32(5)45(58-42(51)20-16-28)33(6)43(52)29(2)17-19-38(50)31(4)44(56-11)30(3)21-22-46(7)27-48/h12-13,15-16,20-22,27,29-37,39-41,43-45,47,49,52H,14,17-19,23-26H2,1-11H3. The third-order valence-corrected chi connectivity index (χ3v) is 12.3. The molecular formula is C45H75NO12. The van der Waals surface area contributed by atoms with Crippen LogP contribution in [0.25, 0.3) is 0 Å². The van der Waals surface area contributed by atoms with Crippen LogP contribution in [0.3, 0.4) is 0 Å². The molecule has 15 atom stereocenters. The van der Waals surface area contributed by atoms with E-state index in [0.717, 1.165) is 5.57 Å². The van der Waals surface area contributed by atoms with Crippen molar-refractivity contribution < 1.29 is 58.1 Å². The lowest BCUT2D eigenvalue weighted by Gasteiger charge is -2.39. The van der Waals surface area contributed by atoms with Crippen molar-refractivity contribution in [3.8, 4) is 0 Å². The van der Waals surface area contributed by atoms with Crippen molar-refractivity contribution in [2.45, 2.75) is 141 Å². The third-order valence-electron chi connectivity index (χ3n) is 12.3. The van der Waals surface area contributed by atoms with Gasteiger partial charge in [-0.25, -0.2) is 4.79 Å². The molecule has 13 nitrogen and oxygen atoms in total. The van der Waals surface area contributed by atoms with Crippen molar-refractivity contribution in [2.24, 2.45) is 35.5 Å². The molecule has 2 rings (SSSR count). The van der Waals surface area contributed by atoms with Gasteiger partial charge in [0.25, 0.3) is 0 Å². The van der Waals surface area contributed by atoms with Crippen molar-refractivity contribution in [3.05, 3.63) is 48.2 Å². The van der Waals surface area contributed by atoms with E-state index in [1.807, 2.05) is 59.8 Å². The maximum Gasteiger partial charge on any atom is 0.331 e. The van der Waals surface area contributed by atoms with Crippen LogP contribution >= 0.6 is 0 Å². The number of amides is 1. The van der Waals surface area contributed by atoms with Crippen molar-refractivity contribution in [1.29, 1.82) is 0 Å². The molecule has 15 unspecified atom stereocenters. The number of hydrogen-bond donors (Lipinski definition) is 3. The molecule has 3 N–H and O–H groups in total. The maximum absolute atomic E-state index is 13.5. The highest BCUT2D eigenvalue weighted by molar-refractivity contribution is 5.82. The zero-order chi connectivity index (χ0) is 43.5. The number of nitrogens with zero attached hydrogens (tertiary/aromatic N) is 1. The fourth-order valence-electron chi connectivity index (χ4n) is 8.38. The van der Waals surface area contributed by atoms with Gasteiger partial charge in [-0.15, -0.1) is 0 Å². The van der Waals surface area contributed by atoms with Crippen molar-refractivity contribution >= 4 is 18.2 Å². The van der Waals surface area contributed by atoms with E-state index in [4.69, 9.17) is 28.4 Å². The van der Waals surface area contributed by atoms with E-state index in [2.05, 4.69) is 6.08 Å². The van der Waals surface area contributed by atoms with Crippen LogP contribution in [-0.2, 0) is 42.8 Å². The number of esters is 1. The highest BCUT2D eigenvalue weighted by Gasteiger charge is 2.41. The molecule has 0 saturated carbocycles. The number of carbonyl (C=O) groups excluding carboxylic acids is 3. The van der Waals surface area contributed by atoms with Crippen molar-refractivity contribution in [2.75, 3.05) is 42.1 Å². The topological polar surface area (TPSA) is 171 Å². The van der Waals surface area contributed by atoms with Crippen LogP contribution in [0.15, 0.2) is 48.2 Å². The van der Waals surface area contributed by atoms with Crippen LogP contribution in [-0.4, -0.2) is 135 Å². The van der Waals surface area contributed by atoms with Crippen LogP contribution in [0.4, 0.5) is 0 Å². The van der Waals surface area contributed by atoms with E-state index in [-0.39, 0.29) is 42.9 Å². The Bertz CT molecular complexity index is 1350. The molecule has 2 aliphatic heterocycles. The monoisotopic (exact) mass is 822 g/mol. The fraction of sp³-hybridized carbons (Fsp3) is 0.756. The second-order valence-electron chi connectivity index (χ2n) is 16.6. The Hall–Kier alpha value is -2.75. The predicted molar refractivity (Wildman–Crippen MR) is 222 cm³/mol. The van der Waals surface area contributed by atoms with Crippen LogP contribution < -0.4 is 0 Å². The molecule has 0 spiro atoms. The first-order chi connectivity index (χ1) is 27.5. The van der Waals surface area contributed by atoms with Gasteiger partial charge >= 0.3 is 5.97 Å². The Morgan fingerprint density at radius 1 is 1.00 bits per heavy atom. The number of fused-ring (bicyclic) bond motifs is 2. The summed E-state index contributed by atoms with van der Waals surface area (Å²) in [6.07, 6.45) is 11.2. The number of aliphatic hydroxyl groups is 3. The highest BCUT2D eigenvalue weighted by Crippen LogP contribution is 2.34. The molecule has 0 aromatic carbocycles. The van der Waals surface area contributed by atoms with Gasteiger partial charge in [-0.05, 0) is 32.1 Å². The Kier molecular flexibility index (Phi) is 23.4. The maximum atomic E-state index is 13.5. The lowest BCUT2D eigenvalue weighted by molar-refractivity contribution is -0.159. The summed E-state index contributed by atoms with van der Waals surface area (Å²) >= 11 is 0. The van der Waals surface area contributed by atoms with Crippen LogP contribution in [0.1, 0.15) is 86.5 Å². The number of methoxy groups -OCH3 is 4. The predicted octanol–water partition coefficient (Wildman–Crippen LogP) is 5.21. The third kappa shape index (κ3) is 16.0. The summed E-state index contributed by atoms with van der Waals surface area (Å²) in [6.45, 7) is 11.0. The van der Waals surface area contributed by atoms with Crippen LogP contribution in [0.2, 0.25) is 0 Å². The summed E-state index contributed by atoms with van der Waals surface area (Å²) in [5, 5.41) is 33.4. The molecule has 0 aliphatic carbocycles. The van der Waals surface area contributed by atoms with Gasteiger partial charge < -0.3 is 48.6 Å². The SMILES string of the molecule is COC1CC(OC)C(CO)C(OC)CC2CC=CC(CC(O)CC=C(C)C=CC(=O)OC(C(C)C(O)C(C)CCC(=O)C(C)C(OC)C(C)C=CN(C)C=O)C1C)O2. The molecule has 0 aromatic rings. The quantitative estimate of drug-likeness (QED) is 0.0997. The molecule has 0 saturated heterocycles. The average molecular weight is 822 g/mol. The van der Waals surface area contributed by atoms with Crippen molar-refractivity contribution in [1.82, 2.24) is 4.90 Å². The summed E-state index contributed by atoms with van der Waals surface area (Å²) in [5.41, 5.74) is 0.777. The number of allylic oxidation sites excluding steroid dienone is 2. The molecule has 332 valence electrons. The summed E-state index contributed by atoms with van der Waals surface area (Å²) in [4.78, 5) is 39.3. The second-order valence-corrected chi connectivity index (χ2v) is 16.6. The Balaban J connectivity index is 2.39. The van der Waals surface area contributed by atoms with E-state index >= 15 is 0 Å². The number of Topliss-reactive ketones (excluding diaryl/α,β-unsaturated/α-hetero) is 1. The van der Waals surface area contributed by atoms with Gasteiger partial charge in [0.1, 0.15) is 11.9 Å². The molecule has 2 aliphatic rings. The minimum Gasteiger partial charge on any atom is -0.458 e. The van der Waals surface area contributed by atoms with Gasteiger partial charge in [0.2, 0.25) is 6.41 Å². The normalized spacial score (nSPS) is 31.3. The second kappa shape index (κ2) is 26.5. The minimum atomic E-state index is -0.952. The van der Waals surface area contributed by atoms with E-state index in [0.29, 0.717) is 44.9 Å². The summed E-state index contributed by atoms with van der Waals surface area (Å²) < 4.78 is 36.3. The van der Waals surface area contributed by atoms with Gasteiger partial charge in [0, 0.05) is 103 Å². The molecule has 58 heavy (non-hydrogen) atoms. The largest absolute Gasteiger partial charge is 0.458 e. The van der Waals surface area contributed by atoms with Crippen LogP contribution in [0.5, 0.6) is 0 Å². The Morgan fingerprint density at radius 3 is 2.26 bits per heavy atom. The van der Waals surface area contributed by atoms with E-state index in [1.54, 1.807) is 47.8 Å². The first-order valence-corrected chi connectivity index (χ1v) is 20.9. The summed E-state index contributed by atoms with van der Waals surface area (Å²) in [6, 6.07) is 0. The lowest BCUT2D eigenvalue weighted by Crippen LogP contribution is -2.47. The van der Waals surface area contributed by atoms with Gasteiger partial charge in [-0.3, -0.25) is 9.59 Å². The highest BCUT2D eigenvalue weighted by atomic mass is 16.5. The molecule has 0 fully saturated rings. The molecule has 2 bridgehead atoms. The zero-order valence-electron chi connectivity index (χ0n) is 36.9. The Labute approximate surface area is 347 Å². The number of ether oxygens (including phenoxy) is 6. The summed E-state index contributed by atoms with van der Waals surface area (Å²) in [5.74, 6) is -2.97. The molecular weight excluding hydrogens is 746 g/mol. The van der Waals surface area contributed by atoms with Crippen molar-refractivity contribution in [3.63, 3.8) is 0 Å². The van der Waals surface area contributed by atoms with Gasteiger partial charge in [0.15, 0.2) is 0 Å². The van der Waals surface area contributed by atoms with E-state index in [9.17, 15) is 29.7 Å². The molecule has 13 heteroatoms. The molecule has 0 radical (unpaired) electrons. The molecule has 2 heterocycles. The van der Waals surface area contributed by atoms with Gasteiger partial charge in [0.05, 0.1) is 55.4 Å². The lowest BCUT2D eigenvalue weighted by atomic mass is 9.78. The minimum absolute atomic E-state index is 0.00449. The first kappa shape index (κ1) is 51.4. The van der Waals surface area contributed by atoms with Gasteiger partial charge in [-0.2, -0.15) is 0 Å². The first-order valence-electron chi connectivity index (χ1n) is 20.9. The van der Waals surface area contributed by atoms with Gasteiger partial charge in [-0.1, -0.05) is 70.6 Å². The number of aliphatic hydroxyl groups excluding tert-OH is 3. The number of ketones is 1. The molecule has 0 aromatic heterocycles. The number of rotatable bonds is 17. The summed E-state index contributed by atoms with van der Waals surface area (Å²) in [7, 11) is 7.97. The number of carbonyl (C=O) groups is 3. The van der Waals surface area contributed by atoms with Crippen LogP contribution in [0, 0.1) is 35.5 Å². The van der Waals surface area contributed by atoms with E-state index < -0.39 is 72.4 Å². The zero-order valence-corrected chi connectivity index (χ0v) is 36.9. The smallest absolute Gasteiger partial charge is 0.331 e. The Morgan fingerprint density at radius 2 is 1.66 bits per heavy atom. The molecule has 1 amide bonds. The average Bonchev–Trinajstić information content (AvgIpc) is 3.22. The number of cyclic esters (lactones) is 1. The fourth-order valence-corrected chi connectivity index (χ4v) is 8.38.